The van der Waals surface area contributed by atoms with Gasteiger partial charge < -0.3 is 9.47 Å². The van der Waals surface area contributed by atoms with Crippen LogP contribution >= 0.6 is 0 Å². The topological polar surface area (TPSA) is 52.6 Å². The molecular weight excluding hydrogens is 341 g/mol. The van der Waals surface area contributed by atoms with Crippen molar-refractivity contribution in [1.29, 1.82) is 0 Å². The first kappa shape index (κ1) is 23.2. The first-order valence-electron chi connectivity index (χ1n) is 5.59. The molecule has 0 radical (unpaired) electrons. The molecule has 23 heavy (non-hydrogen) atoms. The van der Waals surface area contributed by atoms with Gasteiger partial charge in [0.05, 0.1) is 0 Å². The number of rotatable bonds is 4. The standard InChI is InChI=1S/C6H6F4O2.C6H7F3O2/c1-3(7)5(11)12-4(2)6(8,9)10;1-4(2)5(10)11-3-6(7,8)9/h4H,1H2,2H3;1,3H2,2H3. The second-order valence-electron chi connectivity index (χ2n) is 3.97. The van der Waals surface area contributed by atoms with Gasteiger partial charge in [-0.15, -0.1) is 0 Å². The molecular formula is C12H13F7O4. The lowest BCUT2D eigenvalue weighted by Gasteiger charge is -2.15. The summed E-state index contributed by atoms with van der Waals surface area (Å²) >= 11 is 0. The molecule has 0 aromatic rings. The van der Waals surface area contributed by atoms with E-state index in [-0.39, 0.29) is 5.57 Å². The Labute approximate surface area is 126 Å². The van der Waals surface area contributed by atoms with E-state index in [0.717, 1.165) is 0 Å². The molecule has 0 spiro atoms. The molecule has 0 amide bonds. The van der Waals surface area contributed by atoms with Crippen molar-refractivity contribution in [2.24, 2.45) is 0 Å². The summed E-state index contributed by atoms with van der Waals surface area (Å²) in [5.74, 6) is -4.27. The van der Waals surface area contributed by atoms with Gasteiger partial charge in [0.1, 0.15) is 0 Å². The van der Waals surface area contributed by atoms with Crippen LogP contribution in [0.25, 0.3) is 0 Å². The van der Waals surface area contributed by atoms with Gasteiger partial charge in [-0.25, -0.2) is 9.59 Å². The highest BCUT2D eigenvalue weighted by Crippen LogP contribution is 2.22. The van der Waals surface area contributed by atoms with Gasteiger partial charge in [-0.2, -0.15) is 30.7 Å². The summed E-state index contributed by atoms with van der Waals surface area (Å²) in [5.41, 5.74) is -0.0470. The minimum absolute atomic E-state index is 0.0470. The lowest BCUT2D eigenvalue weighted by molar-refractivity contribution is -0.214. The summed E-state index contributed by atoms with van der Waals surface area (Å²) < 4.78 is 88.3. The molecule has 4 nitrogen and oxygen atoms in total. The van der Waals surface area contributed by atoms with Crippen molar-refractivity contribution in [3.05, 3.63) is 24.6 Å². The van der Waals surface area contributed by atoms with Gasteiger partial charge in [0.15, 0.2) is 12.7 Å². The van der Waals surface area contributed by atoms with Crippen LogP contribution in [0.4, 0.5) is 30.7 Å². The SMILES string of the molecule is C=C(C)C(=O)OCC(F)(F)F.C=C(F)C(=O)OC(C)C(F)(F)F. The molecule has 0 fully saturated rings. The Bertz CT molecular complexity index is 451. The van der Waals surface area contributed by atoms with E-state index >= 15 is 0 Å². The fourth-order valence-electron chi connectivity index (χ4n) is 0.562. The molecule has 0 heterocycles. The zero-order valence-electron chi connectivity index (χ0n) is 12.0. The number of halogens is 7. The van der Waals surface area contributed by atoms with Crippen LogP contribution in [0, 0.1) is 0 Å². The normalized spacial score (nSPS) is 12.4. The van der Waals surface area contributed by atoms with Crippen molar-refractivity contribution in [1.82, 2.24) is 0 Å². The molecule has 0 saturated heterocycles. The van der Waals surface area contributed by atoms with E-state index in [2.05, 4.69) is 22.6 Å². The number of esters is 2. The zero-order chi connectivity index (χ0) is 19.0. The van der Waals surface area contributed by atoms with Crippen molar-refractivity contribution < 1.29 is 49.8 Å². The predicted molar refractivity (Wildman–Crippen MR) is 63.7 cm³/mol. The Hall–Kier alpha value is -2.07. The van der Waals surface area contributed by atoms with Crippen LogP contribution in [0.5, 0.6) is 0 Å². The molecule has 0 aliphatic heterocycles. The Morgan fingerprint density at radius 3 is 1.74 bits per heavy atom. The molecule has 0 aromatic heterocycles. The number of hydrogen-bond donors (Lipinski definition) is 0. The predicted octanol–water partition coefficient (Wildman–Crippen LogP) is 3.63. The van der Waals surface area contributed by atoms with Gasteiger partial charge in [-0.1, -0.05) is 13.2 Å². The van der Waals surface area contributed by atoms with E-state index in [1.54, 1.807) is 0 Å². The Kier molecular flexibility index (Phi) is 9.23. The summed E-state index contributed by atoms with van der Waals surface area (Å²) in [6.45, 7) is 5.91. The molecule has 11 heteroatoms. The van der Waals surface area contributed by atoms with Crippen LogP contribution in [-0.2, 0) is 19.1 Å². The maximum atomic E-state index is 11.8. The summed E-state index contributed by atoms with van der Waals surface area (Å²) in [4.78, 5) is 20.6. The number of alkyl halides is 6. The second kappa shape index (κ2) is 9.16. The smallest absolute Gasteiger partial charge is 0.425 e. The highest BCUT2D eigenvalue weighted by atomic mass is 19.4. The molecule has 1 atom stereocenters. The van der Waals surface area contributed by atoms with Crippen LogP contribution in [-0.4, -0.2) is 37.0 Å². The van der Waals surface area contributed by atoms with Crippen LogP contribution in [0.1, 0.15) is 13.8 Å². The van der Waals surface area contributed by atoms with E-state index in [9.17, 15) is 40.3 Å². The average molecular weight is 354 g/mol. The van der Waals surface area contributed by atoms with Gasteiger partial charge >= 0.3 is 24.3 Å². The monoisotopic (exact) mass is 354 g/mol. The minimum Gasteiger partial charge on any atom is -0.453 e. The molecule has 1 unspecified atom stereocenters. The second-order valence-corrected chi connectivity index (χ2v) is 3.97. The van der Waals surface area contributed by atoms with Crippen molar-refractivity contribution in [3.8, 4) is 0 Å². The third-order valence-electron chi connectivity index (χ3n) is 1.68. The van der Waals surface area contributed by atoms with E-state index in [4.69, 9.17) is 0 Å². The first-order chi connectivity index (χ1) is 10.1. The molecule has 0 rings (SSSR count). The van der Waals surface area contributed by atoms with Gasteiger partial charge in [0, 0.05) is 5.57 Å². The molecule has 0 saturated carbocycles. The van der Waals surface area contributed by atoms with Crippen LogP contribution in [0.3, 0.4) is 0 Å². The maximum Gasteiger partial charge on any atom is 0.425 e. The Morgan fingerprint density at radius 1 is 1.04 bits per heavy atom. The molecule has 0 N–H and O–H groups in total. The third kappa shape index (κ3) is 13.3. The lowest BCUT2D eigenvalue weighted by Crippen LogP contribution is -2.30. The molecule has 0 aromatic carbocycles. The average Bonchev–Trinajstić information content (AvgIpc) is 2.34. The van der Waals surface area contributed by atoms with Gasteiger partial charge in [-0.3, -0.25) is 0 Å². The Balaban J connectivity index is 0. The molecule has 0 bridgehead atoms. The number of carbonyl (C=O) groups is 2. The fraction of sp³-hybridized carbons (Fsp3) is 0.500. The Morgan fingerprint density at radius 2 is 1.48 bits per heavy atom. The van der Waals surface area contributed by atoms with Crippen LogP contribution in [0.2, 0.25) is 0 Å². The van der Waals surface area contributed by atoms with E-state index in [1.165, 1.54) is 6.92 Å². The highest BCUT2D eigenvalue weighted by Gasteiger charge is 2.39. The van der Waals surface area contributed by atoms with Crippen molar-refractivity contribution >= 4 is 11.9 Å². The zero-order valence-corrected chi connectivity index (χ0v) is 12.0. The summed E-state index contributed by atoms with van der Waals surface area (Å²) in [6, 6.07) is 0. The fourth-order valence-corrected chi connectivity index (χ4v) is 0.562. The lowest BCUT2D eigenvalue weighted by atomic mass is 10.4. The molecule has 134 valence electrons. The van der Waals surface area contributed by atoms with Crippen molar-refractivity contribution in [2.45, 2.75) is 32.3 Å². The highest BCUT2D eigenvalue weighted by molar-refractivity contribution is 5.87. The largest absolute Gasteiger partial charge is 0.453 e. The molecule has 0 aliphatic carbocycles. The van der Waals surface area contributed by atoms with Gasteiger partial charge in [-0.05, 0) is 13.8 Å². The van der Waals surface area contributed by atoms with E-state index < -0.39 is 42.8 Å². The summed E-state index contributed by atoms with van der Waals surface area (Å²) in [5, 5.41) is 0. The minimum atomic E-state index is -4.68. The van der Waals surface area contributed by atoms with Gasteiger partial charge in [0.2, 0.25) is 5.83 Å². The third-order valence-corrected chi connectivity index (χ3v) is 1.68. The van der Waals surface area contributed by atoms with Gasteiger partial charge in [0.25, 0.3) is 0 Å². The summed E-state index contributed by atoms with van der Waals surface area (Å²) in [6.07, 6.45) is -11.5. The van der Waals surface area contributed by atoms with Crippen molar-refractivity contribution in [2.75, 3.05) is 6.61 Å². The van der Waals surface area contributed by atoms with Crippen LogP contribution in [0.15, 0.2) is 24.6 Å². The van der Waals surface area contributed by atoms with E-state index in [0.29, 0.717) is 6.92 Å². The quantitative estimate of drug-likeness (QED) is 0.440. The number of hydrogen-bond acceptors (Lipinski definition) is 4. The van der Waals surface area contributed by atoms with Crippen molar-refractivity contribution in [3.63, 3.8) is 0 Å². The molecule has 0 aliphatic rings. The number of ether oxygens (including phenoxy) is 2. The summed E-state index contributed by atoms with van der Waals surface area (Å²) in [7, 11) is 0. The first-order valence-corrected chi connectivity index (χ1v) is 5.59. The maximum absolute atomic E-state index is 11.8. The van der Waals surface area contributed by atoms with Crippen LogP contribution < -0.4 is 0 Å². The number of carbonyl (C=O) groups excluding carboxylic acids is 2. The van der Waals surface area contributed by atoms with E-state index in [1.807, 2.05) is 0 Å².